The molecule has 1 amide bonds. The second kappa shape index (κ2) is 12.9. The van der Waals surface area contributed by atoms with Crippen molar-refractivity contribution in [2.45, 2.75) is 39.7 Å². The van der Waals surface area contributed by atoms with E-state index >= 15 is 0 Å². The van der Waals surface area contributed by atoms with Gasteiger partial charge in [0.1, 0.15) is 5.82 Å². The second-order valence-corrected chi connectivity index (χ2v) is 10.8. The van der Waals surface area contributed by atoms with E-state index in [-0.39, 0.29) is 11.9 Å². The van der Waals surface area contributed by atoms with Crippen LogP contribution in [0.1, 0.15) is 47.6 Å². The van der Waals surface area contributed by atoms with Gasteiger partial charge in [0.05, 0.1) is 24.9 Å². The molecule has 0 bridgehead atoms. The van der Waals surface area contributed by atoms with Gasteiger partial charge in [0.25, 0.3) is 0 Å². The van der Waals surface area contributed by atoms with Crippen LogP contribution in [0, 0.1) is 6.92 Å². The van der Waals surface area contributed by atoms with Crippen LogP contribution in [0.5, 0.6) is 5.88 Å². The molecule has 10 nitrogen and oxygen atoms in total. The molecule has 2 aromatic heterocycles. The lowest BCUT2D eigenvalue weighted by atomic mass is 9.99. The minimum Gasteiger partial charge on any atom is -0.477 e. The lowest BCUT2D eigenvalue weighted by Crippen LogP contribution is -2.53. The van der Waals surface area contributed by atoms with E-state index in [1.165, 1.54) is 0 Å². The molecule has 0 saturated carbocycles. The predicted octanol–water partition coefficient (Wildman–Crippen LogP) is 3.09. The third kappa shape index (κ3) is 6.50. The minimum atomic E-state index is -0.204. The number of carbonyl (C=O) groups is 1. The molecule has 41 heavy (non-hydrogen) atoms. The molecule has 3 heterocycles. The Morgan fingerprint density at radius 2 is 2.00 bits per heavy atom. The zero-order chi connectivity index (χ0) is 28.9. The van der Waals surface area contributed by atoms with Crippen molar-refractivity contribution in [3.05, 3.63) is 70.4 Å². The topological polar surface area (TPSA) is 97.6 Å². The Bertz CT molecular complexity index is 1410. The van der Waals surface area contributed by atoms with E-state index in [0.29, 0.717) is 18.9 Å². The van der Waals surface area contributed by atoms with E-state index in [1.54, 1.807) is 11.8 Å². The predicted molar refractivity (Wildman–Crippen MR) is 159 cm³/mol. The lowest BCUT2D eigenvalue weighted by molar-refractivity contribution is -0.121. The first-order chi connectivity index (χ1) is 19.9. The molecule has 0 spiro atoms. The van der Waals surface area contributed by atoms with Crippen molar-refractivity contribution in [3.8, 4) is 5.88 Å². The van der Waals surface area contributed by atoms with E-state index in [4.69, 9.17) is 14.5 Å². The van der Waals surface area contributed by atoms with E-state index in [1.807, 2.05) is 52.3 Å². The van der Waals surface area contributed by atoms with Gasteiger partial charge in [-0.25, -0.2) is 9.97 Å². The highest BCUT2D eigenvalue weighted by molar-refractivity contribution is 5.97. The largest absolute Gasteiger partial charge is 0.477 e. The summed E-state index contributed by atoms with van der Waals surface area (Å²) in [4.78, 5) is 27.6. The molecule has 1 aromatic carbocycles. The number of allylic oxidation sites excluding steroid dienone is 1. The maximum atomic E-state index is 13.3. The summed E-state index contributed by atoms with van der Waals surface area (Å²) in [6.07, 6.45) is 7.32. The summed E-state index contributed by atoms with van der Waals surface area (Å²) in [6, 6.07) is 5.92. The van der Waals surface area contributed by atoms with Crippen LogP contribution < -0.4 is 10.1 Å². The average Bonchev–Trinajstić information content (AvgIpc) is 3.56. The van der Waals surface area contributed by atoms with Crippen LogP contribution >= 0.6 is 0 Å². The zero-order valence-electron chi connectivity index (χ0n) is 24.8. The fraction of sp³-hybridized carbons (Fsp3) is 0.484. The van der Waals surface area contributed by atoms with E-state index in [0.717, 1.165) is 90.8 Å². The first-order valence-electron chi connectivity index (χ1n) is 14.4. The van der Waals surface area contributed by atoms with Gasteiger partial charge in [-0.1, -0.05) is 18.2 Å². The van der Waals surface area contributed by atoms with Crippen LogP contribution in [0.15, 0.2) is 36.7 Å². The maximum absolute atomic E-state index is 13.3. The Hall–Kier alpha value is -3.60. The molecule has 218 valence electrons. The van der Waals surface area contributed by atoms with Crippen LogP contribution in [-0.2, 0) is 29.4 Å². The minimum absolute atomic E-state index is 0.0271. The highest BCUT2D eigenvalue weighted by atomic mass is 16.5. The van der Waals surface area contributed by atoms with Crippen LogP contribution in [0.4, 0.5) is 5.69 Å². The Morgan fingerprint density at radius 3 is 2.76 bits per heavy atom. The molecular formula is C31H41N7O3. The number of hydrogen-bond donors (Lipinski definition) is 1. The number of nitrogens with zero attached hydrogens (tertiary/aromatic N) is 6. The number of aryl methyl sites for hydroxylation is 2. The van der Waals surface area contributed by atoms with Gasteiger partial charge in [0, 0.05) is 82.5 Å². The smallest absolute Gasteiger partial charge is 0.241 e. The van der Waals surface area contributed by atoms with Crippen molar-refractivity contribution in [3.63, 3.8) is 0 Å². The van der Waals surface area contributed by atoms with E-state index < -0.39 is 0 Å². The quantitative estimate of drug-likeness (QED) is 0.383. The highest BCUT2D eigenvalue weighted by Gasteiger charge is 2.27. The molecule has 1 atom stereocenters. The molecule has 1 aliphatic heterocycles. The summed E-state index contributed by atoms with van der Waals surface area (Å²) in [7, 11) is 3.62. The van der Waals surface area contributed by atoms with Crippen molar-refractivity contribution in [1.29, 1.82) is 0 Å². The first kappa shape index (κ1) is 28.9. The summed E-state index contributed by atoms with van der Waals surface area (Å²) >= 11 is 0. The number of rotatable bonds is 11. The number of benzene rings is 1. The van der Waals surface area contributed by atoms with Gasteiger partial charge < -0.3 is 14.8 Å². The van der Waals surface area contributed by atoms with E-state index in [9.17, 15) is 4.79 Å². The third-order valence-corrected chi connectivity index (χ3v) is 7.95. The summed E-state index contributed by atoms with van der Waals surface area (Å²) in [5, 5.41) is 7.65. The SMILES string of the molecule is CCOc1nn(C)cc1Cc1ncc(C)c(C2=CCc3c(NC(=O)[C@@H](C)N4CCN(CCOC)CC4)cccc32)n1. The number of aromatic nitrogens is 4. The zero-order valence-corrected chi connectivity index (χ0v) is 24.8. The summed E-state index contributed by atoms with van der Waals surface area (Å²) in [6.45, 7) is 11.8. The van der Waals surface area contributed by atoms with Gasteiger partial charge in [0.2, 0.25) is 11.8 Å². The molecule has 2 aliphatic rings. The molecule has 3 aromatic rings. The number of piperazine rings is 1. The molecule has 1 saturated heterocycles. The lowest BCUT2D eigenvalue weighted by Gasteiger charge is -2.37. The Balaban J connectivity index is 1.29. The Kier molecular flexibility index (Phi) is 9.12. The monoisotopic (exact) mass is 559 g/mol. The number of methoxy groups -OCH3 is 1. The Morgan fingerprint density at radius 1 is 1.20 bits per heavy atom. The standard InChI is InChI=1S/C31H41N7O3/c1-6-41-31-23(20-36(4)35-31)18-28-32-19-21(2)29(34-28)26-11-10-25-24(26)8-7-9-27(25)33-30(39)22(3)38-14-12-37(13-15-38)16-17-40-5/h7-9,11,19-20,22H,6,10,12-18H2,1-5H3,(H,33,39)/t22-/m1/s1. The molecule has 1 fully saturated rings. The van der Waals surface area contributed by atoms with E-state index in [2.05, 4.69) is 37.3 Å². The van der Waals surface area contributed by atoms with Gasteiger partial charge >= 0.3 is 0 Å². The van der Waals surface area contributed by atoms with Crippen LogP contribution in [0.25, 0.3) is 5.57 Å². The fourth-order valence-corrected chi connectivity index (χ4v) is 5.62. The molecule has 0 unspecified atom stereocenters. The molecule has 1 N–H and O–H groups in total. The molecule has 1 aliphatic carbocycles. The van der Waals surface area contributed by atoms with Crippen LogP contribution in [0.2, 0.25) is 0 Å². The van der Waals surface area contributed by atoms with Gasteiger partial charge in [-0.2, -0.15) is 0 Å². The highest BCUT2D eigenvalue weighted by Crippen LogP contribution is 2.37. The Labute approximate surface area is 242 Å². The molecule has 0 radical (unpaired) electrons. The number of fused-ring (bicyclic) bond motifs is 1. The normalized spacial score (nSPS) is 16.4. The van der Waals surface area contributed by atoms with Gasteiger partial charge in [0.15, 0.2) is 0 Å². The molecular weight excluding hydrogens is 518 g/mol. The van der Waals surface area contributed by atoms with Crippen molar-refractivity contribution in [2.24, 2.45) is 7.05 Å². The van der Waals surface area contributed by atoms with Crippen molar-refractivity contribution < 1.29 is 14.3 Å². The second-order valence-electron chi connectivity index (χ2n) is 10.8. The number of carbonyl (C=O) groups excluding carboxylic acids is 1. The third-order valence-electron chi connectivity index (χ3n) is 7.95. The van der Waals surface area contributed by atoms with Crippen LogP contribution in [-0.4, -0.2) is 94.5 Å². The number of nitrogens with one attached hydrogen (secondary N) is 1. The maximum Gasteiger partial charge on any atom is 0.241 e. The molecule has 10 heteroatoms. The van der Waals surface area contributed by atoms with Gasteiger partial charge in [-0.05, 0) is 49.9 Å². The number of ether oxygens (including phenoxy) is 2. The fourth-order valence-electron chi connectivity index (χ4n) is 5.62. The van der Waals surface area contributed by atoms with Crippen molar-refractivity contribution in [1.82, 2.24) is 29.5 Å². The van der Waals surface area contributed by atoms with Crippen molar-refractivity contribution in [2.75, 3.05) is 58.4 Å². The van der Waals surface area contributed by atoms with Crippen LogP contribution in [0.3, 0.4) is 0 Å². The van der Waals surface area contributed by atoms with Gasteiger partial charge in [-0.15, -0.1) is 5.10 Å². The first-order valence-corrected chi connectivity index (χ1v) is 14.4. The number of anilines is 1. The van der Waals surface area contributed by atoms with Gasteiger partial charge in [-0.3, -0.25) is 19.3 Å². The summed E-state index contributed by atoms with van der Waals surface area (Å²) in [5.74, 6) is 1.36. The summed E-state index contributed by atoms with van der Waals surface area (Å²) < 4.78 is 12.7. The number of amides is 1. The number of hydrogen-bond acceptors (Lipinski definition) is 8. The molecule has 5 rings (SSSR count). The average molecular weight is 560 g/mol. The van der Waals surface area contributed by atoms with Crippen molar-refractivity contribution >= 4 is 17.2 Å². The summed E-state index contributed by atoms with van der Waals surface area (Å²) in [5.41, 5.74) is 7.06.